The molecule has 5 nitrogen and oxygen atoms in total. The van der Waals surface area contributed by atoms with Gasteiger partial charge in [0.2, 0.25) is 5.91 Å². The zero-order valence-electron chi connectivity index (χ0n) is 10.9. The van der Waals surface area contributed by atoms with Crippen LogP contribution in [0.3, 0.4) is 0 Å². The maximum absolute atomic E-state index is 12.0. The van der Waals surface area contributed by atoms with Crippen LogP contribution >= 0.6 is 24.2 Å². The molecule has 0 aromatic carbocycles. The first-order valence-corrected chi connectivity index (χ1v) is 7.63. The number of nitrogens with one attached hydrogen (secondary N) is 2. The Labute approximate surface area is 124 Å². The second-order valence-electron chi connectivity index (χ2n) is 5.04. The Kier molecular flexibility index (Phi) is 6.96. The van der Waals surface area contributed by atoms with Crippen molar-refractivity contribution in [1.29, 1.82) is 0 Å². The SMILES string of the molecule is Cl.NCC(NC(=O)[C@@H]1CSC(=O)N1)C1CCCCC1. The maximum atomic E-state index is 12.0. The first kappa shape index (κ1) is 16.6. The summed E-state index contributed by atoms with van der Waals surface area (Å²) in [5.74, 6) is 0.930. The Hall–Kier alpha value is -0.460. The highest BCUT2D eigenvalue weighted by Crippen LogP contribution is 2.26. The molecule has 1 unspecified atom stereocenters. The van der Waals surface area contributed by atoms with E-state index in [9.17, 15) is 9.59 Å². The van der Waals surface area contributed by atoms with Gasteiger partial charge >= 0.3 is 0 Å². The minimum Gasteiger partial charge on any atom is -0.350 e. The molecule has 2 atom stereocenters. The molecule has 0 aromatic rings. The molecule has 0 aromatic heterocycles. The number of amides is 2. The predicted molar refractivity (Wildman–Crippen MR) is 79.6 cm³/mol. The van der Waals surface area contributed by atoms with E-state index in [0.29, 0.717) is 18.2 Å². The first-order chi connectivity index (χ1) is 8.70. The zero-order valence-corrected chi connectivity index (χ0v) is 12.5. The summed E-state index contributed by atoms with van der Waals surface area (Å²) in [6, 6.07) is -0.333. The molecule has 7 heteroatoms. The standard InChI is InChI=1S/C12H21N3O2S.ClH/c13-6-9(8-4-2-1-3-5-8)14-11(16)10-7-18-12(17)15-10;/h8-10H,1-7,13H2,(H,14,16)(H,15,17);1H/t9?,10-;/m0./s1. The summed E-state index contributed by atoms with van der Waals surface area (Å²) in [5.41, 5.74) is 5.77. The zero-order chi connectivity index (χ0) is 13.0. The van der Waals surface area contributed by atoms with Gasteiger partial charge in [-0.05, 0) is 18.8 Å². The lowest BCUT2D eigenvalue weighted by molar-refractivity contribution is -0.123. The molecule has 2 rings (SSSR count). The van der Waals surface area contributed by atoms with Gasteiger partial charge in [-0.2, -0.15) is 0 Å². The number of carbonyl (C=O) groups excluding carboxylic acids is 2. The van der Waals surface area contributed by atoms with E-state index < -0.39 is 0 Å². The summed E-state index contributed by atoms with van der Waals surface area (Å²) >= 11 is 1.16. The molecule has 0 bridgehead atoms. The van der Waals surface area contributed by atoms with Crippen molar-refractivity contribution in [2.75, 3.05) is 12.3 Å². The lowest BCUT2D eigenvalue weighted by atomic mass is 9.84. The van der Waals surface area contributed by atoms with Gasteiger partial charge in [-0.15, -0.1) is 12.4 Å². The Morgan fingerprint density at radius 3 is 2.63 bits per heavy atom. The van der Waals surface area contributed by atoms with E-state index >= 15 is 0 Å². The van der Waals surface area contributed by atoms with Crippen LogP contribution in [0.5, 0.6) is 0 Å². The van der Waals surface area contributed by atoms with Gasteiger partial charge in [-0.3, -0.25) is 9.59 Å². The minimum atomic E-state index is -0.389. The smallest absolute Gasteiger partial charge is 0.279 e. The summed E-state index contributed by atoms with van der Waals surface area (Å²) in [7, 11) is 0. The molecular weight excluding hydrogens is 286 g/mol. The van der Waals surface area contributed by atoms with Crippen LogP contribution in [-0.2, 0) is 4.79 Å². The number of hydrogen-bond acceptors (Lipinski definition) is 4. The summed E-state index contributed by atoms with van der Waals surface area (Å²) < 4.78 is 0. The molecule has 110 valence electrons. The Morgan fingerprint density at radius 1 is 1.42 bits per heavy atom. The van der Waals surface area contributed by atoms with Crippen LogP contribution in [0.25, 0.3) is 0 Å². The maximum Gasteiger partial charge on any atom is 0.279 e. The number of thioether (sulfide) groups is 1. The van der Waals surface area contributed by atoms with Gasteiger partial charge in [-0.1, -0.05) is 31.0 Å². The van der Waals surface area contributed by atoms with E-state index in [4.69, 9.17) is 5.73 Å². The molecule has 2 aliphatic rings. The largest absolute Gasteiger partial charge is 0.350 e. The third-order valence-electron chi connectivity index (χ3n) is 3.79. The Balaban J connectivity index is 0.00000180. The van der Waals surface area contributed by atoms with E-state index in [2.05, 4.69) is 10.6 Å². The van der Waals surface area contributed by atoms with E-state index in [0.717, 1.165) is 24.6 Å². The molecule has 0 spiro atoms. The fourth-order valence-electron chi connectivity index (χ4n) is 2.71. The number of rotatable bonds is 4. The Morgan fingerprint density at radius 2 is 2.11 bits per heavy atom. The van der Waals surface area contributed by atoms with Crippen LogP contribution in [-0.4, -0.2) is 35.5 Å². The highest BCUT2D eigenvalue weighted by molar-refractivity contribution is 8.14. The van der Waals surface area contributed by atoms with E-state index in [1.54, 1.807) is 0 Å². The van der Waals surface area contributed by atoms with Crippen molar-refractivity contribution in [3.8, 4) is 0 Å². The van der Waals surface area contributed by atoms with Crippen molar-refractivity contribution in [1.82, 2.24) is 10.6 Å². The molecule has 2 fully saturated rings. The van der Waals surface area contributed by atoms with Crippen LogP contribution in [0, 0.1) is 5.92 Å². The predicted octanol–water partition coefficient (Wildman–Crippen LogP) is 1.26. The second kappa shape index (κ2) is 7.97. The molecule has 2 amide bonds. The summed E-state index contributed by atoms with van der Waals surface area (Å²) in [6.45, 7) is 0.476. The topological polar surface area (TPSA) is 84.2 Å². The average molecular weight is 308 g/mol. The fourth-order valence-corrected chi connectivity index (χ4v) is 3.49. The Bertz CT molecular complexity index is 324. The molecule has 1 aliphatic carbocycles. The highest BCUT2D eigenvalue weighted by Gasteiger charge is 2.31. The average Bonchev–Trinajstić information content (AvgIpc) is 2.83. The molecule has 1 saturated heterocycles. The van der Waals surface area contributed by atoms with Gasteiger partial charge in [0.25, 0.3) is 5.24 Å². The van der Waals surface area contributed by atoms with Crippen LogP contribution in [0.15, 0.2) is 0 Å². The third-order valence-corrected chi connectivity index (χ3v) is 4.67. The van der Waals surface area contributed by atoms with Crippen molar-refractivity contribution >= 4 is 35.3 Å². The number of hydrogen-bond donors (Lipinski definition) is 3. The number of carbonyl (C=O) groups is 2. The van der Waals surface area contributed by atoms with Crippen molar-refractivity contribution < 1.29 is 9.59 Å². The lowest BCUT2D eigenvalue weighted by Gasteiger charge is -2.30. The van der Waals surface area contributed by atoms with E-state index in [1.165, 1.54) is 19.3 Å². The van der Waals surface area contributed by atoms with Gasteiger partial charge < -0.3 is 16.4 Å². The van der Waals surface area contributed by atoms with Crippen LogP contribution in [0.4, 0.5) is 4.79 Å². The van der Waals surface area contributed by atoms with Crippen LogP contribution in [0.2, 0.25) is 0 Å². The molecule has 19 heavy (non-hydrogen) atoms. The van der Waals surface area contributed by atoms with Crippen molar-refractivity contribution in [3.05, 3.63) is 0 Å². The number of halogens is 1. The summed E-state index contributed by atoms with van der Waals surface area (Å²) in [4.78, 5) is 23.1. The first-order valence-electron chi connectivity index (χ1n) is 6.64. The fraction of sp³-hybridized carbons (Fsp3) is 0.833. The number of nitrogens with two attached hydrogens (primary N) is 1. The minimum absolute atomic E-state index is 0. The van der Waals surface area contributed by atoms with E-state index in [-0.39, 0.29) is 35.6 Å². The monoisotopic (exact) mass is 307 g/mol. The van der Waals surface area contributed by atoms with Crippen molar-refractivity contribution in [3.63, 3.8) is 0 Å². The summed E-state index contributed by atoms with van der Waals surface area (Å²) in [6.07, 6.45) is 6.04. The van der Waals surface area contributed by atoms with Gasteiger partial charge in [0.1, 0.15) is 6.04 Å². The molecule has 1 saturated carbocycles. The summed E-state index contributed by atoms with van der Waals surface area (Å²) in [5, 5.41) is 5.55. The third kappa shape index (κ3) is 4.54. The highest BCUT2D eigenvalue weighted by atomic mass is 35.5. The van der Waals surface area contributed by atoms with Crippen LogP contribution in [0.1, 0.15) is 32.1 Å². The van der Waals surface area contributed by atoms with Crippen LogP contribution < -0.4 is 16.4 Å². The quantitative estimate of drug-likeness (QED) is 0.730. The van der Waals surface area contributed by atoms with E-state index in [1.807, 2.05) is 0 Å². The molecule has 1 heterocycles. The second-order valence-corrected chi connectivity index (χ2v) is 6.04. The lowest BCUT2D eigenvalue weighted by Crippen LogP contribution is -2.52. The normalized spacial score (nSPS) is 25.3. The van der Waals surface area contributed by atoms with Gasteiger partial charge in [0.15, 0.2) is 0 Å². The van der Waals surface area contributed by atoms with Gasteiger partial charge in [0.05, 0.1) is 0 Å². The molecular formula is C12H22ClN3O2S. The molecule has 4 N–H and O–H groups in total. The van der Waals surface area contributed by atoms with Crippen molar-refractivity contribution in [2.45, 2.75) is 44.2 Å². The van der Waals surface area contributed by atoms with Crippen molar-refractivity contribution in [2.24, 2.45) is 11.7 Å². The van der Waals surface area contributed by atoms with Gasteiger partial charge in [0, 0.05) is 18.3 Å². The molecule has 0 radical (unpaired) electrons. The molecule has 1 aliphatic heterocycles. The van der Waals surface area contributed by atoms with Gasteiger partial charge in [-0.25, -0.2) is 0 Å².